The molecule has 12 atom stereocenters. The summed E-state index contributed by atoms with van der Waals surface area (Å²) in [5.41, 5.74) is 0. The monoisotopic (exact) mass is 1230 g/mol. The summed E-state index contributed by atoms with van der Waals surface area (Å²) < 4.78 is 22.8. The molecule has 2 aliphatic heterocycles. The van der Waals surface area contributed by atoms with Crippen molar-refractivity contribution in [3.05, 3.63) is 85.1 Å². The molecule has 2 aliphatic rings. The van der Waals surface area contributed by atoms with E-state index in [4.69, 9.17) is 18.9 Å². The molecule has 0 bridgehead atoms. The van der Waals surface area contributed by atoms with Crippen LogP contribution in [0.15, 0.2) is 85.1 Å². The predicted octanol–water partition coefficient (Wildman–Crippen LogP) is 14.4. The number of allylic oxidation sites excluding steroid dienone is 13. The number of rotatable bonds is 57. The zero-order valence-corrected chi connectivity index (χ0v) is 54.7. The lowest BCUT2D eigenvalue weighted by Gasteiger charge is -2.46. The highest BCUT2D eigenvalue weighted by Gasteiger charge is 2.51. The Labute approximate surface area is 529 Å². The summed E-state index contributed by atoms with van der Waals surface area (Å²) in [7, 11) is 0. The van der Waals surface area contributed by atoms with Crippen molar-refractivity contribution in [1.29, 1.82) is 0 Å². The Hall–Kier alpha value is -2.83. The molecule has 9 N–H and O–H groups in total. The Morgan fingerprint density at radius 2 is 0.805 bits per heavy atom. The number of ether oxygens (including phenoxy) is 4. The average Bonchev–Trinajstić information content (AvgIpc) is 1.56. The summed E-state index contributed by atoms with van der Waals surface area (Å²) in [6.45, 7) is 2.68. The molecule has 2 saturated heterocycles. The lowest BCUT2D eigenvalue weighted by atomic mass is 9.97. The Bertz CT molecular complexity index is 1780. The van der Waals surface area contributed by atoms with E-state index in [-0.39, 0.29) is 18.9 Å². The first-order chi connectivity index (χ1) is 42.6. The van der Waals surface area contributed by atoms with Gasteiger partial charge in [-0.3, -0.25) is 4.79 Å². The van der Waals surface area contributed by atoms with E-state index < -0.39 is 86.8 Å². The van der Waals surface area contributed by atoms with Gasteiger partial charge in [0.05, 0.1) is 32.0 Å². The molecule has 14 nitrogen and oxygen atoms in total. The molecule has 0 aromatic rings. The van der Waals surface area contributed by atoms with Crippen LogP contribution in [0.2, 0.25) is 0 Å². The van der Waals surface area contributed by atoms with Gasteiger partial charge in [0.25, 0.3) is 0 Å². The third kappa shape index (κ3) is 41.3. The van der Waals surface area contributed by atoms with Crippen molar-refractivity contribution in [2.45, 2.75) is 351 Å². The van der Waals surface area contributed by atoms with Gasteiger partial charge in [-0.15, -0.1) is 0 Å². The second-order valence-corrected chi connectivity index (χ2v) is 24.6. The standard InChI is InChI=1S/C73H129NO13/c1-3-5-7-9-11-13-15-17-19-21-23-25-26-27-28-29-30-31-32-33-34-35-37-38-40-42-44-46-48-50-52-54-56-62(77)61(60-84-72-70(83)68(81)71(64(59-76)86-72)87-73-69(82)67(80)66(79)63(58-75)85-73)74-65(78)57-55-53-51-49-47-45-43-41-39-36-24-22-20-18-16-14-12-10-8-6-4-2/h6,8,12,14,18,20,24,36,38,40,46,48,54,56,61-64,66-73,75-77,79-83H,3-5,7,9-11,13,15-17,19,21-23,25-35,37,39,41-45,47,49-53,55,57-60H2,1-2H3,(H,74,78)/b8-6-,14-12-,20-18-,36-24-,40-38+,48-46+,56-54+. The number of aliphatic hydroxyl groups excluding tert-OH is 8. The first kappa shape index (κ1) is 80.3. The van der Waals surface area contributed by atoms with Gasteiger partial charge >= 0.3 is 0 Å². The van der Waals surface area contributed by atoms with Crippen LogP contribution in [0.5, 0.6) is 0 Å². The van der Waals surface area contributed by atoms with Crippen LogP contribution < -0.4 is 5.32 Å². The second kappa shape index (κ2) is 57.1. The van der Waals surface area contributed by atoms with E-state index in [9.17, 15) is 45.6 Å². The van der Waals surface area contributed by atoms with Gasteiger partial charge in [-0.05, 0) is 83.5 Å². The lowest BCUT2D eigenvalue weighted by Crippen LogP contribution is -2.65. The molecule has 504 valence electrons. The topological polar surface area (TPSA) is 228 Å². The Morgan fingerprint density at radius 3 is 1.26 bits per heavy atom. The van der Waals surface area contributed by atoms with Gasteiger partial charge in [-0.2, -0.15) is 0 Å². The van der Waals surface area contributed by atoms with Crippen molar-refractivity contribution in [3.63, 3.8) is 0 Å². The van der Waals surface area contributed by atoms with Crippen molar-refractivity contribution in [2.75, 3.05) is 19.8 Å². The summed E-state index contributed by atoms with van der Waals surface area (Å²) in [5.74, 6) is -0.263. The molecule has 14 heteroatoms. The maximum atomic E-state index is 13.3. The van der Waals surface area contributed by atoms with Gasteiger partial charge in [0, 0.05) is 6.42 Å². The van der Waals surface area contributed by atoms with Crippen LogP contribution in [0.1, 0.15) is 277 Å². The second-order valence-electron chi connectivity index (χ2n) is 24.6. The molecule has 2 fully saturated rings. The van der Waals surface area contributed by atoms with E-state index in [1.807, 2.05) is 6.08 Å². The third-order valence-corrected chi connectivity index (χ3v) is 16.8. The number of carbonyl (C=O) groups is 1. The number of nitrogens with one attached hydrogen (secondary N) is 1. The fourth-order valence-electron chi connectivity index (χ4n) is 11.2. The Kier molecular flexibility index (Phi) is 52.7. The van der Waals surface area contributed by atoms with Crippen molar-refractivity contribution in [3.8, 4) is 0 Å². The van der Waals surface area contributed by atoms with Crippen LogP contribution in [0.3, 0.4) is 0 Å². The average molecular weight is 1230 g/mol. The molecule has 87 heavy (non-hydrogen) atoms. The summed E-state index contributed by atoms with van der Waals surface area (Å²) in [6, 6.07) is -0.949. The largest absolute Gasteiger partial charge is 0.394 e. The molecule has 0 saturated carbocycles. The smallest absolute Gasteiger partial charge is 0.220 e. The predicted molar refractivity (Wildman–Crippen MR) is 355 cm³/mol. The van der Waals surface area contributed by atoms with E-state index in [2.05, 4.69) is 92.1 Å². The fraction of sp³-hybridized carbons (Fsp3) is 0.795. The number of hydrogen-bond donors (Lipinski definition) is 9. The molecule has 0 spiro atoms. The van der Waals surface area contributed by atoms with Gasteiger partial charge in [-0.25, -0.2) is 0 Å². The number of carbonyl (C=O) groups excluding carboxylic acids is 1. The summed E-state index contributed by atoms with van der Waals surface area (Å²) >= 11 is 0. The van der Waals surface area contributed by atoms with E-state index >= 15 is 0 Å². The maximum absolute atomic E-state index is 13.3. The molecule has 2 rings (SSSR count). The van der Waals surface area contributed by atoms with E-state index in [0.29, 0.717) is 12.8 Å². The molecule has 2 heterocycles. The zero-order valence-electron chi connectivity index (χ0n) is 54.7. The summed E-state index contributed by atoms with van der Waals surface area (Å²) in [4.78, 5) is 13.3. The molecule has 1 amide bonds. The minimum atomic E-state index is -1.80. The zero-order chi connectivity index (χ0) is 63.1. The molecule has 0 aliphatic carbocycles. The number of amides is 1. The molecule has 0 aromatic heterocycles. The van der Waals surface area contributed by atoms with Crippen LogP contribution in [0.25, 0.3) is 0 Å². The maximum Gasteiger partial charge on any atom is 0.220 e. The van der Waals surface area contributed by atoms with Crippen molar-refractivity contribution in [1.82, 2.24) is 5.32 Å². The highest BCUT2D eigenvalue weighted by molar-refractivity contribution is 5.76. The highest BCUT2D eigenvalue weighted by Crippen LogP contribution is 2.30. The van der Waals surface area contributed by atoms with E-state index in [0.717, 1.165) is 83.5 Å². The Morgan fingerprint density at radius 1 is 0.425 bits per heavy atom. The van der Waals surface area contributed by atoms with Crippen LogP contribution in [-0.2, 0) is 23.7 Å². The van der Waals surface area contributed by atoms with Gasteiger partial charge < -0.3 is 65.1 Å². The highest BCUT2D eigenvalue weighted by atomic mass is 16.7. The number of hydrogen-bond acceptors (Lipinski definition) is 13. The summed E-state index contributed by atoms with van der Waals surface area (Å²) in [6.07, 6.45) is 62.2. The number of unbranched alkanes of at least 4 members (excludes halogenated alkanes) is 32. The summed E-state index contributed by atoms with van der Waals surface area (Å²) in [5, 5.41) is 87.4. The molecule has 12 unspecified atom stereocenters. The van der Waals surface area contributed by atoms with Crippen LogP contribution in [0.4, 0.5) is 0 Å². The SMILES string of the molecule is CC/C=C\C/C=C\C/C=C\C/C=C\CCCCCCCCCCC(=O)NC(COC1OC(CO)C(OC2OC(CO)C(O)C(O)C2O)C(O)C1O)C(O)/C=C/CC/C=C/CC/C=C/CCCCCCCCCCCCCCCCCCCCCCCC. The Balaban J connectivity index is 1.70. The van der Waals surface area contributed by atoms with Gasteiger partial charge in [0.1, 0.15) is 48.8 Å². The lowest BCUT2D eigenvalue weighted by molar-refractivity contribution is -0.359. The third-order valence-electron chi connectivity index (χ3n) is 16.8. The minimum absolute atomic E-state index is 0.256. The normalized spacial score (nSPS) is 23.8. The first-order valence-corrected chi connectivity index (χ1v) is 35.3. The van der Waals surface area contributed by atoms with E-state index in [1.165, 1.54) is 161 Å². The molecular formula is C73H129NO13. The number of aliphatic hydroxyl groups is 8. The van der Waals surface area contributed by atoms with Gasteiger partial charge in [0.15, 0.2) is 12.6 Å². The quantitative estimate of drug-likeness (QED) is 0.0204. The van der Waals surface area contributed by atoms with Crippen LogP contribution >= 0.6 is 0 Å². The van der Waals surface area contributed by atoms with Gasteiger partial charge in [0.2, 0.25) is 5.91 Å². The van der Waals surface area contributed by atoms with Crippen molar-refractivity contribution in [2.24, 2.45) is 0 Å². The first-order valence-electron chi connectivity index (χ1n) is 35.3. The van der Waals surface area contributed by atoms with Crippen LogP contribution in [0, 0.1) is 0 Å². The molecule has 0 radical (unpaired) electrons. The van der Waals surface area contributed by atoms with E-state index in [1.54, 1.807) is 6.08 Å². The fourth-order valence-corrected chi connectivity index (χ4v) is 11.2. The molecule has 0 aromatic carbocycles. The molecular weight excluding hydrogens is 1100 g/mol. The minimum Gasteiger partial charge on any atom is -0.394 e. The van der Waals surface area contributed by atoms with Crippen LogP contribution in [-0.4, -0.2) is 140 Å². The van der Waals surface area contributed by atoms with Crippen molar-refractivity contribution < 1.29 is 64.6 Å². The van der Waals surface area contributed by atoms with Gasteiger partial charge in [-0.1, -0.05) is 272 Å². The van der Waals surface area contributed by atoms with Crippen molar-refractivity contribution >= 4 is 5.91 Å².